The molecule has 1 unspecified atom stereocenters. The maximum Gasteiger partial charge on any atom is 0.417 e. The van der Waals surface area contributed by atoms with Crippen molar-refractivity contribution in [1.29, 1.82) is 0 Å². The van der Waals surface area contributed by atoms with Crippen LogP contribution in [0.1, 0.15) is 48.4 Å². The van der Waals surface area contributed by atoms with Crippen LogP contribution in [0.3, 0.4) is 0 Å². The summed E-state index contributed by atoms with van der Waals surface area (Å²) >= 11 is 0. The highest BCUT2D eigenvalue weighted by Crippen LogP contribution is 2.27. The first-order chi connectivity index (χ1) is 16.9. The lowest BCUT2D eigenvalue weighted by atomic mass is 9.97. The average Bonchev–Trinajstić information content (AvgIpc) is 3.26. The van der Waals surface area contributed by atoms with Gasteiger partial charge in [-0.25, -0.2) is 32.7 Å². The summed E-state index contributed by atoms with van der Waals surface area (Å²) in [5.41, 5.74) is -0.594. The molecule has 0 aliphatic carbocycles. The summed E-state index contributed by atoms with van der Waals surface area (Å²) in [6.45, 7) is 5.21. The van der Waals surface area contributed by atoms with Crippen molar-refractivity contribution in [3.05, 3.63) is 83.4 Å². The molecule has 0 aliphatic heterocycles. The van der Waals surface area contributed by atoms with Crippen LogP contribution in [0.2, 0.25) is 0 Å². The third-order valence-electron chi connectivity index (χ3n) is 4.99. The van der Waals surface area contributed by atoms with Crippen LogP contribution in [0.4, 0.5) is 18.4 Å². The summed E-state index contributed by atoms with van der Waals surface area (Å²) < 4.78 is 38.5. The molecule has 0 bridgehead atoms. The van der Waals surface area contributed by atoms with Gasteiger partial charge in [0.2, 0.25) is 0 Å². The van der Waals surface area contributed by atoms with E-state index in [-0.39, 0.29) is 18.1 Å². The second-order valence-electron chi connectivity index (χ2n) is 8.93. The van der Waals surface area contributed by atoms with Crippen molar-refractivity contribution in [1.82, 2.24) is 14.5 Å². The number of esters is 1. The number of carbonyl (C=O) groups excluding carboxylic acids is 2. The lowest BCUT2D eigenvalue weighted by Gasteiger charge is -2.27. The zero-order chi connectivity index (χ0) is 26.6. The molecular weight excluding hydrogens is 476 g/mol. The van der Waals surface area contributed by atoms with Crippen molar-refractivity contribution in [2.45, 2.75) is 32.3 Å². The first-order valence-corrected chi connectivity index (χ1v) is 10.8. The number of amides is 1. The van der Waals surface area contributed by atoms with Gasteiger partial charge in [-0.2, -0.15) is 0 Å². The van der Waals surface area contributed by atoms with Crippen LogP contribution < -0.4 is 4.74 Å². The predicted molar refractivity (Wildman–Crippen MR) is 124 cm³/mol. The fourth-order valence-corrected chi connectivity index (χ4v) is 3.34. The average molecular weight is 501 g/mol. The molecule has 190 valence electrons. The number of nitrogens with zero attached hydrogens (tertiary/aromatic N) is 3. The van der Waals surface area contributed by atoms with Gasteiger partial charge in [0.25, 0.3) is 0 Å². The summed E-state index contributed by atoms with van der Waals surface area (Å²) in [6.07, 6.45) is 0.759. The molecule has 1 heterocycles. The largest absolute Gasteiger partial charge is 0.464 e. The number of aromatic nitrogens is 2. The molecule has 2 aromatic carbocycles. The number of benzene rings is 2. The first kappa shape index (κ1) is 26.3. The van der Waals surface area contributed by atoms with Crippen LogP contribution in [0.5, 0.6) is 5.75 Å². The summed E-state index contributed by atoms with van der Waals surface area (Å²) in [6, 6.07) is 8.51. The number of rotatable bonds is 6. The van der Waals surface area contributed by atoms with E-state index in [1.54, 1.807) is 32.9 Å². The highest BCUT2D eigenvalue weighted by molar-refractivity contribution is 5.91. The van der Waals surface area contributed by atoms with Gasteiger partial charge in [-0.1, -0.05) is 12.1 Å². The third kappa shape index (κ3) is 6.44. The Kier molecular flexibility index (Phi) is 7.71. The Morgan fingerprint density at radius 3 is 2.36 bits per heavy atom. The zero-order valence-corrected chi connectivity index (χ0v) is 20.1. The molecule has 3 aromatic rings. The van der Waals surface area contributed by atoms with E-state index in [1.807, 2.05) is 0 Å². The minimum Gasteiger partial charge on any atom is -0.464 e. The van der Waals surface area contributed by atoms with Crippen molar-refractivity contribution in [3.63, 3.8) is 0 Å². The van der Waals surface area contributed by atoms with Gasteiger partial charge in [-0.15, -0.1) is 0 Å². The number of hydrogen-bond donors (Lipinski definition) is 1. The van der Waals surface area contributed by atoms with Crippen molar-refractivity contribution in [3.8, 4) is 5.75 Å². The van der Waals surface area contributed by atoms with E-state index in [4.69, 9.17) is 9.47 Å². The number of halogens is 2. The topological polar surface area (TPSA) is 111 Å². The first-order valence-electron chi connectivity index (χ1n) is 10.8. The Balaban J connectivity index is 1.86. The zero-order valence-electron chi connectivity index (χ0n) is 20.1. The molecule has 9 nitrogen and oxygen atoms in total. The Labute approximate surface area is 205 Å². The Morgan fingerprint density at radius 1 is 1.11 bits per heavy atom. The lowest BCUT2D eigenvalue weighted by molar-refractivity contribution is 0.0292. The molecule has 0 fully saturated rings. The molecule has 0 spiro atoms. The van der Waals surface area contributed by atoms with Crippen LogP contribution >= 0.6 is 0 Å². The molecule has 3 rings (SSSR count). The molecule has 1 atom stereocenters. The van der Waals surface area contributed by atoms with Gasteiger partial charge in [-0.05, 0) is 50.6 Å². The summed E-state index contributed by atoms with van der Waals surface area (Å²) in [5.74, 6) is -3.34. The quantitative estimate of drug-likeness (QED) is 0.378. The number of likely N-dealkylation sites (N-methyl/N-ethyl adjacent to an activating group) is 1. The molecule has 0 aliphatic rings. The van der Waals surface area contributed by atoms with Crippen LogP contribution in [0, 0.1) is 11.6 Å². The van der Waals surface area contributed by atoms with E-state index in [1.165, 1.54) is 36.5 Å². The van der Waals surface area contributed by atoms with E-state index in [0.717, 1.165) is 16.7 Å². The van der Waals surface area contributed by atoms with E-state index >= 15 is 0 Å². The Bertz CT molecular complexity index is 1270. The van der Waals surface area contributed by atoms with Crippen LogP contribution in [-0.2, 0) is 4.74 Å². The van der Waals surface area contributed by atoms with Crippen molar-refractivity contribution in [2.75, 3.05) is 13.6 Å². The van der Waals surface area contributed by atoms with Gasteiger partial charge in [0.15, 0.2) is 0 Å². The molecule has 0 saturated heterocycles. The van der Waals surface area contributed by atoms with Gasteiger partial charge >= 0.3 is 18.2 Å². The lowest BCUT2D eigenvalue weighted by Crippen LogP contribution is -2.37. The Morgan fingerprint density at radius 2 is 1.78 bits per heavy atom. The van der Waals surface area contributed by atoms with Crippen LogP contribution in [-0.4, -0.2) is 56.9 Å². The fourth-order valence-electron chi connectivity index (χ4n) is 3.34. The molecule has 36 heavy (non-hydrogen) atoms. The Hall–Kier alpha value is -4.28. The number of carbonyl (C=O) groups is 3. The highest BCUT2D eigenvalue weighted by Gasteiger charge is 2.27. The van der Waals surface area contributed by atoms with E-state index in [9.17, 15) is 28.3 Å². The molecule has 0 radical (unpaired) electrons. The van der Waals surface area contributed by atoms with Crippen molar-refractivity contribution >= 4 is 18.2 Å². The maximum atomic E-state index is 13.9. The minimum absolute atomic E-state index is 0.0269. The third-order valence-corrected chi connectivity index (χ3v) is 4.99. The standard InChI is InChI=1S/C25H25F2N3O6/c1-25(2,3)36-24(34)29(4)14-19(21-28-11-12-30(21)23(32)33)15-5-8-17(9-6-15)35-22(31)18-10-7-16(26)13-20(18)27/h5-13,19H,14H2,1-4H3,(H,32,33). The van der Waals surface area contributed by atoms with Gasteiger partial charge in [-0.3, -0.25) is 0 Å². The smallest absolute Gasteiger partial charge is 0.417 e. The van der Waals surface area contributed by atoms with E-state index in [2.05, 4.69) is 4.98 Å². The highest BCUT2D eigenvalue weighted by atomic mass is 19.1. The maximum absolute atomic E-state index is 13.9. The SMILES string of the molecule is CN(CC(c1ccc(OC(=O)c2ccc(F)cc2F)cc1)c1nccn1C(=O)O)C(=O)OC(C)(C)C. The molecular formula is C25H25F2N3O6. The van der Waals surface area contributed by atoms with Gasteiger partial charge in [0.05, 0.1) is 11.5 Å². The van der Waals surface area contributed by atoms with Crippen LogP contribution in [0.15, 0.2) is 54.9 Å². The fraction of sp³-hybridized carbons (Fsp3) is 0.280. The molecule has 0 saturated carbocycles. The van der Waals surface area contributed by atoms with Gasteiger partial charge in [0, 0.05) is 32.1 Å². The van der Waals surface area contributed by atoms with Crippen molar-refractivity contribution in [2.24, 2.45) is 0 Å². The number of hydrogen-bond acceptors (Lipinski definition) is 6. The number of ether oxygens (including phenoxy) is 2. The summed E-state index contributed by atoms with van der Waals surface area (Å²) in [4.78, 5) is 42.0. The molecule has 11 heteroatoms. The van der Waals surface area contributed by atoms with E-state index in [0.29, 0.717) is 11.6 Å². The van der Waals surface area contributed by atoms with E-state index < -0.39 is 46.9 Å². The van der Waals surface area contributed by atoms with Gasteiger partial charge < -0.3 is 19.5 Å². The number of imidazole rings is 1. The summed E-state index contributed by atoms with van der Waals surface area (Å²) in [7, 11) is 1.52. The molecule has 1 aromatic heterocycles. The molecule has 1 N–H and O–H groups in total. The normalized spacial score (nSPS) is 12.1. The summed E-state index contributed by atoms with van der Waals surface area (Å²) in [5, 5.41) is 9.54. The predicted octanol–water partition coefficient (Wildman–Crippen LogP) is 4.91. The monoisotopic (exact) mass is 501 g/mol. The number of carboxylic acid groups (broad SMARTS) is 1. The second kappa shape index (κ2) is 10.5. The van der Waals surface area contributed by atoms with Gasteiger partial charge in [0.1, 0.15) is 28.8 Å². The molecule has 1 amide bonds. The second-order valence-corrected chi connectivity index (χ2v) is 8.93. The minimum atomic E-state index is -1.25. The van der Waals surface area contributed by atoms with Crippen LogP contribution in [0.25, 0.3) is 0 Å². The van der Waals surface area contributed by atoms with Crippen molar-refractivity contribution < 1.29 is 37.7 Å².